The molecule has 0 saturated carbocycles. The van der Waals surface area contributed by atoms with Crippen molar-refractivity contribution < 1.29 is 0 Å². The molecule has 0 bridgehead atoms. The zero-order valence-corrected chi connectivity index (χ0v) is 33.3. The highest BCUT2D eigenvalue weighted by atomic mass is 79.9. The first kappa shape index (κ1) is 32.7. The van der Waals surface area contributed by atoms with Gasteiger partial charge in [0.25, 0.3) is 0 Å². The molecule has 4 aromatic heterocycles. The predicted molar refractivity (Wildman–Crippen MR) is 251 cm³/mol. The predicted octanol–water partition coefficient (Wildman–Crippen LogP) is 14.8. The fourth-order valence-electron chi connectivity index (χ4n) is 10.1. The van der Waals surface area contributed by atoms with Gasteiger partial charge in [0.1, 0.15) is 0 Å². The topological polar surface area (TPSA) is 19.7 Å². The molecule has 0 aliphatic rings. The van der Waals surface area contributed by atoms with Crippen LogP contribution in [0.25, 0.3) is 110 Å². The summed E-state index contributed by atoms with van der Waals surface area (Å²) in [5.41, 5.74) is 14.0. The first-order valence-corrected chi connectivity index (χ1v) is 20.9. The molecule has 9 aromatic carbocycles. The van der Waals surface area contributed by atoms with Gasteiger partial charge in [-0.05, 0) is 88.7 Å². The van der Waals surface area contributed by atoms with Gasteiger partial charge in [-0.1, -0.05) is 127 Å². The van der Waals surface area contributed by atoms with E-state index in [1.54, 1.807) is 0 Å². The zero-order chi connectivity index (χ0) is 38.8. The van der Waals surface area contributed by atoms with E-state index in [4.69, 9.17) is 0 Å². The van der Waals surface area contributed by atoms with E-state index in [9.17, 15) is 0 Å². The largest absolute Gasteiger partial charge is 0.309 e. The summed E-state index contributed by atoms with van der Waals surface area (Å²) in [5.74, 6) is 0. The average molecular weight is 818 g/mol. The van der Waals surface area contributed by atoms with Crippen LogP contribution in [0, 0.1) is 0 Å². The maximum Gasteiger partial charge on any atom is 0.0656 e. The van der Waals surface area contributed by atoms with Gasteiger partial charge < -0.3 is 18.3 Å². The number of nitrogens with zero attached hydrogens (tertiary/aromatic N) is 4. The van der Waals surface area contributed by atoms with Gasteiger partial charge in [0, 0.05) is 54.5 Å². The van der Waals surface area contributed by atoms with Crippen molar-refractivity contribution >= 4 is 103 Å². The van der Waals surface area contributed by atoms with Crippen molar-refractivity contribution in [1.82, 2.24) is 18.3 Å². The van der Waals surface area contributed by atoms with E-state index in [0.717, 1.165) is 49.3 Å². The summed E-state index contributed by atoms with van der Waals surface area (Å²) in [7, 11) is 0. The minimum Gasteiger partial charge on any atom is -0.309 e. The molecule has 0 N–H and O–H groups in total. The first-order chi connectivity index (χ1) is 29.3. The molecule has 0 atom stereocenters. The van der Waals surface area contributed by atoms with Crippen LogP contribution in [0.3, 0.4) is 0 Å². The Balaban J connectivity index is 1.13. The lowest BCUT2D eigenvalue weighted by atomic mass is 10.1. The highest BCUT2D eigenvalue weighted by Gasteiger charge is 2.25. The normalized spacial score (nSPS) is 12.2. The van der Waals surface area contributed by atoms with E-state index >= 15 is 0 Å². The molecule has 276 valence electrons. The van der Waals surface area contributed by atoms with E-state index < -0.39 is 0 Å². The zero-order valence-electron chi connectivity index (χ0n) is 31.7. The summed E-state index contributed by atoms with van der Waals surface area (Å²) in [6, 6.07) is 72.8. The Morgan fingerprint density at radius 3 is 1.03 bits per heavy atom. The van der Waals surface area contributed by atoms with Crippen molar-refractivity contribution in [2.75, 3.05) is 0 Å². The van der Waals surface area contributed by atoms with E-state index in [-0.39, 0.29) is 0 Å². The van der Waals surface area contributed by atoms with Crippen LogP contribution < -0.4 is 0 Å². The molecule has 4 nitrogen and oxygen atoms in total. The van der Waals surface area contributed by atoms with E-state index in [1.165, 1.54) is 65.2 Å². The van der Waals surface area contributed by atoms with E-state index in [2.05, 4.69) is 234 Å². The maximum absolute atomic E-state index is 4.27. The molecule has 0 spiro atoms. The van der Waals surface area contributed by atoms with E-state index in [1.807, 2.05) is 0 Å². The standard InChI is InChI=1S/C54H33BrN4/c55-52-48(58-44-26-13-9-22-40(44)50-46(58)32-30-38-36-20-7-11-24-42(36)56(53(38)50)34-16-3-1-4-17-34)28-15-29-49(52)59-45-27-14-10-23-41(45)51-47(59)33-31-39-37-21-8-12-25-43(37)57(54(39)51)35-18-5-2-6-19-35/h1-33H. The Labute approximate surface area is 347 Å². The second-order valence-electron chi connectivity index (χ2n) is 15.4. The highest BCUT2D eigenvalue weighted by Crippen LogP contribution is 2.46. The molecule has 59 heavy (non-hydrogen) atoms. The van der Waals surface area contributed by atoms with Crippen molar-refractivity contribution in [2.45, 2.75) is 0 Å². The summed E-state index contributed by atoms with van der Waals surface area (Å²) in [6.45, 7) is 0. The minimum absolute atomic E-state index is 1.03. The molecule has 0 saturated heterocycles. The number of para-hydroxylation sites is 6. The fourth-order valence-corrected chi connectivity index (χ4v) is 10.7. The maximum atomic E-state index is 4.27. The summed E-state index contributed by atoms with van der Waals surface area (Å²) >= 11 is 4.27. The summed E-state index contributed by atoms with van der Waals surface area (Å²) < 4.78 is 10.8. The van der Waals surface area contributed by atoms with Crippen LogP contribution >= 0.6 is 15.9 Å². The van der Waals surface area contributed by atoms with Crippen LogP contribution in [-0.4, -0.2) is 18.3 Å². The number of rotatable bonds is 4. The van der Waals surface area contributed by atoms with Crippen LogP contribution in [0.2, 0.25) is 0 Å². The number of benzene rings is 9. The Morgan fingerprint density at radius 1 is 0.254 bits per heavy atom. The van der Waals surface area contributed by atoms with Crippen LogP contribution in [0.5, 0.6) is 0 Å². The van der Waals surface area contributed by atoms with Gasteiger partial charge in [0.2, 0.25) is 0 Å². The SMILES string of the molecule is Brc1c(-n2c3ccccc3c3c2ccc2c4ccccc4n(-c4ccccc4)c23)cccc1-n1c2ccccc2c2c1ccc1c3ccccc3n(-c3ccccc3)c12. The number of halogens is 1. The van der Waals surface area contributed by atoms with Gasteiger partial charge in [-0.2, -0.15) is 0 Å². The van der Waals surface area contributed by atoms with Crippen LogP contribution in [0.15, 0.2) is 205 Å². The smallest absolute Gasteiger partial charge is 0.0656 e. The van der Waals surface area contributed by atoms with Gasteiger partial charge in [0.05, 0.1) is 60.0 Å². The van der Waals surface area contributed by atoms with Gasteiger partial charge in [-0.3, -0.25) is 0 Å². The number of fused-ring (bicyclic) bond motifs is 14. The lowest BCUT2D eigenvalue weighted by molar-refractivity contribution is 1.12. The Hall–Kier alpha value is -7.34. The van der Waals surface area contributed by atoms with Crippen molar-refractivity contribution in [2.24, 2.45) is 0 Å². The van der Waals surface area contributed by atoms with Crippen molar-refractivity contribution in [1.29, 1.82) is 0 Å². The molecular formula is C54H33BrN4. The molecule has 0 amide bonds. The summed E-state index contributed by atoms with van der Waals surface area (Å²) in [5, 5.41) is 9.91. The molecule has 13 aromatic rings. The molecular weight excluding hydrogens is 785 g/mol. The lowest BCUT2D eigenvalue weighted by Gasteiger charge is -2.16. The fraction of sp³-hybridized carbons (Fsp3) is 0. The minimum atomic E-state index is 1.03. The number of hydrogen-bond donors (Lipinski definition) is 0. The van der Waals surface area contributed by atoms with Gasteiger partial charge in [-0.25, -0.2) is 0 Å². The lowest BCUT2D eigenvalue weighted by Crippen LogP contribution is -2.01. The van der Waals surface area contributed by atoms with Crippen molar-refractivity contribution in [3.8, 4) is 22.7 Å². The molecule has 13 rings (SSSR count). The second-order valence-corrected chi connectivity index (χ2v) is 16.2. The number of hydrogen-bond acceptors (Lipinski definition) is 0. The molecule has 0 radical (unpaired) electrons. The first-order valence-electron chi connectivity index (χ1n) is 20.1. The van der Waals surface area contributed by atoms with E-state index in [0.29, 0.717) is 0 Å². The van der Waals surface area contributed by atoms with Crippen LogP contribution in [-0.2, 0) is 0 Å². The van der Waals surface area contributed by atoms with Gasteiger partial charge in [0.15, 0.2) is 0 Å². The van der Waals surface area contributed by atoms with Gasteiger partial charge in [-0.15, -0.1) is 0 Å². The summed E-state index contributed by atoms with van der Waals surface area (Å²) in [6.07, 6.45) is 0. The van der Waals surface area contributed by atoms with Crippen LogP contribution in [0.1, 0.15) is 0 Å². The van der Waals surface area contributed by atoms with Crippen molar-refractivity contribution in [3.63, 3.8) is 0 Å². The monoisotopic (exact) mass is 816 g/mol. The molecule has 0 fully saturated rings. The number of aromatic nitrogens is 4. The average Bonchev–Trinajstić information content (AvgIpc) is 4.02. The molecule has 4 heterocycles. The molecule has 0 aliphatic heterocycles. The highest BCUT2D eigenvalue weighted by molar-refractivity contribution is 9.10. The Morgan fingerprint density at radius 2 is 0.610 bits per heavy atom. The summed E-state index contributed by atoms with van der Waals surface area (Å²) in [4.78, 5) is 0. The second kappa shape index (κ2) is 12.3. The quantitative estimate of drug-likeness (QED) is 0.169. The molecule has 0 unspecified atom stereocenters. The van der Waals surface area contributed by atoms with Crippen LogP contribution in [0.4, 0.5) is 0 Å². The molecule has 5 heteroatoms. The Kier molecular flexibility index (Phi) is 6.84. The molecule has 0 aliphatic carbocycles. The Bertz CT molecular complexity index is 3600. The third kappa shape index (κ3) is 4.42. The van der Waals surface area contributed by atoms with Gasteiger partial charge >= 0.3 is 0 Å². The third-order valence-electron chi connectivity index (χ3n) is 12.4. The van der Waals surface area contributed by atoms with Crippen molar-refractivity contribution in [3.05, 3.63) is 205 Å². The third-order valence-corrected chi connectivity index (χ3v) is 13.2.